The number of hydrogen-bond acceptors (Lipinski definition) is 3. The van der Waals surface area contributed by atoms with Gasteiger partial charge in [-0.15, -0.1) is 0 Å². The van der Waals surface area contributed by atoms with Gasteiger partial charge < -0.3 is 15.4 Å². The summed E-state index contributed by atoms with van der Waals surface area (Å²) >= 11 is 0. The summed E-state index contributed by atoms with van der Waals surface area (Å²) in [5.74, 6) is -0.222. The minimum Gasteiger partial charge on any atom is -0.380 e. The Labute approximate surface area is 142 Å². The summed E-state index contributed by atoms with van der Waals surface area (Å²) in [5, 5.41) is 5.58. The highest BCUT2D eigenvalue weighted by atomic mass is 16.5. The number of anilines is 1. The number of benzene rings is 2. The first-order valence-corrected chi connectivity index (χ1v) is 7.85. The highest BCUT2D eigenvalue weighted by Gasteiger charge is 2.06. The van der Waals surface area contributed by atoms with Crippen molar-refractivity contribution >= 4 is 17.5 Å². The zero-order valence-electron chi connectivity index (χ0n) is 13.7. The van der Waals surface area contributed by atoms with Gasteiger partial charge in [0.2, 0.25) is 11.8 Å². The standard InChI is InChI=1S/C19H22N2O3/c1-24-14-16-8-5-9-17(12-16)21-18(22)10-11-20-19(23)13-15-6-3-2-4-7-15/h2-9,12H,10-11,13-14H2,1H3,(H,20,23)(H,21,22). The van der Waals surface area contributed by atoms with Crippen molar-refractivity contribution in [2.75, 3.05) is 19.0 Å². The number of ether oxygens (including phenoxy) is 1. The van der Waals surface area contributed by atoms with Crippen molar-refractivity contribution in [1.82, 2.24) is 5.32 Å². The van der Waals surface area contributed by atoms with E-state index in [1.807, 2.05) is 54.6 Å². The first kappa shape index (κ1) is 17.7. The molecule has 2 N–H and O–H groups in total. The molecule has 2 rings (SSSR count). The van der Waals surface area contributed by atoms with Crippen LogP contribution < -0.4 is 10.6 Å². The van der Waals surface area contributed by atoms with Crippen LogP contribution in [0.2, 0.25) is 0 Å². The normalized spacial score (nSPS) is 10.2. The molecule has 2 aromatic rings. The molecule has 0 saturated heterocycles. The molecule has 0 atom stereocenters. The Morgan fingerprint density at radius 2 is 1.71 bits per heavy atom. The largest absolute Gasteiger partial charge is 0.380 e. The van der Waals surface area contributed by atoms with Crippen LogP contribution in [0, 0.1) is 0 Å². The van der Waals surface area contributed by atoms with E-state index < -0.39 is 0 Å². The second-order valence-electron chi connectivity index (χ2n) is 5.44. The summed E-state index contributed by atoms with van der Waals surface area (Å²) in [6.07, 6.45) is 0.552. The highest BCUT2D eigenvalue weighted by Crippen LogP contribution is 2.11. The number of rotatable bonds is 8. The van der Waals surface area contributed by atoms with Crippen molar-refractivity contribution in [2.24, 2.45) is 0 Å². The molecule has 0 saturated carbocycles. The van der Waals surface area contributed by atoms with E-state index in [4.69, 9.17) is 4.74 Å². The second-order valence-corrected chi connectivity index (χ2v) is 5.44. The lowest BCUT2D eigenvalue weighted by Gasteiger charge is -2.08. The number of carbonyl (C=O) groups excluding carboxylic acids is 2. The summed E-state index contributed by atoms with van der Waals surface area (Å²) in [6.45, 7) is 0.814. The smallest absolute Gasteiger partial charge is 0.226 e. The van der Waals surface area contributed by atoms with E-state index in [0.717, 1.165) is 16.8 Å². The van der Waals surface area contributed by atoms with Crippen LogP contribution in [0.15, 0.2) is 54.6 Å². The van der Waals surface area contributed by atoms with Crippen LogP contribution in [0.3, 0.4) is 0 Å². The maximum Gasteiger partial charge on any atom is 0.226 e. The van der Waals surface area contributed by atoms with Crippen LogP contribution in [-0.2, 0) is 27.4 Å². The molecule has 0 bridgehead atoms. The zero-order chi connectivity index (χ0) is 17.2. The van der Waals surface area contributed by atoms with E-state index in [0.29, 0.717) is 19.6 Å². The fourth-order valence-corrected chi connectivity index (χ4v) is 2.29. The number of amides is 2. The second kappa shape index (κ2) is 9.47. The molecule has 0 heterocycles. The first-order valence-electron chi connectivity index (χ1n) is 7.85. The Bertz CT molecular complexity index is 671. The van der Waals surface area contributed by atoms with Gasteiger partial charge in [0, 0.05) is 25.8 Å². The third-order valence-electron chi connectivity index (χ3n) is 3.40. The predicted octanol–water partition coefficient (Wildman–Crippen LogP) is 2.52. The Hall–Kier alpha value is -2.66. The van der Waals surface area contributed by atoms with Gasteiger partial charge in [-0.25, -0.2) is 0 Å². The van der Waals surface area contributed by atoms with Gasteiger partial charge in [0.05, 0.1) is 13.0 Å². The predicted molar refractivity (Wildman–Crippen MR) is 93.6 cm³/mol. The van der Waals surface area contributed by atoms with Gasteiger partial charge in [0.15, 0.2) is 0 Å². The Morgan fingerprint density at radius 1 is 0.958 bits per heavy atom. The van der Waals surface area contributed by atoms with E-state index in [1.165, 1.54) is 0 Å². The molecule has 2 amide bonds. The minimum atomic E-state index is -0.135. The van der Waals surface area contributed by atoms with Crippen LogP contribution in [0.4, 0.5) is 5.69 Å². The van der Waals surface area contributed by atoms with Crippen LogP contribution in [0.1, 0.15) is 17.5 Å². The average molecular weight is 326 g/mol. The van der Waals surface area contributed by atoms with Gasteiger partial charge in [0.25, 0.3) is 0 Å². The molecule has 0 fully saturated rings. The van der Waals surface area contributed by atoms with E-state index in [9.17, 15) is 9.59 Å². The third kappa shape index (κ3) is 6.22. The molecule has 126 valence electrons. The van der Waals surface area contributed by atoms with Crippen molar-refractivity contribution < 1.29 is 14.3 Å². The fraction of sp³-hybridized carbons (Fsp3) is 0.263. The molecule has 5 heteroatoms. The van der Waals surface area contributed by atoms with Gasteiger partial charge in [-0.05, 0) is 23.3 Å². The van der Waals surface area contributed by atoms with Crippen LogP contribution in [-0.4, -0.2) is 25.5 Å². The molecule has 5 nitrogen and oxygen atoms in total. The maximum atomic E-state index is 11.9. The number of hydrogen-bond donors (Lipinski definition) is 2. The number of methoxy groups -OCH3 is 1. The zero-order valence-corrected chi connectivity index (χ0v) is 13.7. The molecule has 0 aliphatic carbocycles. The Morgan fingerprint density at radius 3 is 2.46 bits per heavy atom. The van der Waals surface area contributed by atoms with Crippen LogP contribution >= 0.6 is 0 Å². The van der Waals surface area contributed by atoms with E-state index >= 15 is 0 Å². The van der Waals surface area contributed by atoms with E-state index in [2.05, 4.69) is 10.6 Å². The van der Waals surface area contributed by atoms with Crippen molar-refractivity contribution in [3.63, 3.8) is 0 Å². The van der Waals surface area contributed by atoms with Gasteiger partial charge in [-0.3, -0.25) is 9.59 Å². The lowest BCUT2D eigenvalue weighted by molar-refractivity contribution is -0.120. The van der Waals surface area contributed by atoms with Gasteiger partial charge in [-0.2, -0.15) is 0 Å². The van der Waals surface area contributed by atoms with Gasteiger partial charge in [0.1, 0.15) is 0 Å². The molecule has 0 radical (unpaired) electrons. The van der Waals surface area contributed by atoms with Gasteiger partial charge in [-0.1, -0.05) is 42.5 Å². The van der Waals surface area contributed by atoms with E-state index in [1.54, 1.807) is 7.11 Å². The Balaban J connectivity index is 1.71. The molecule has 0 aliphatic rings. The van der Waals surface area contributed by atoms with Gasteiger partial charge >= 0.3 is 0 Å². The molecular formula is C19H22N2O3. The van der Waals surface area contributed by atoms with Crippen molar-refractivity contribution in [3.8, 4) is 0 Å². The molecular weight excluding hydrogens is 304 g/mol. The van der Waals surface area contributed by atoms with Crippen LogP contribution in [0.5, 0.6) is 0 Å². The average Bonchev–Trinajstić information content (AvgIpc) is 2.56. The summed E-state index contributed by atoms with van der Waals surface area (Å²) in [4.78, 5) is 23.7. The molecule has 2 aromatic carbocycles. The van der Waals surface area contributed by atoms with Crippen molar-refractivity contribution in [1.29, 1.82) is 0 Å². The minimum absolute atomic E-state index is 0.0870. The Kier molecular flexibility index (Phi) is 6.98. The van der Waals surface area contributed by atoms with Crippen molar-refractivity contribution in [2.45, 2.75) is 19.4 Å². The maximum absolute atomic E-state index is 11.9. The SMILES string of the molecule is COCc1cccc(NC(=O)CCNC(=O)Cc2ccccc2)c1. The molecule has 24 heavy (non-hydrogen) atoms. The van der Waals surface area contributed by atoms with Crippen molar-refractivity contribution in [3.05, 3.63) is 65.7 Å². The molecule has 0 spiro atoms. The highest BCUT2D eigenvalue weighted by molar-refractivity contribution is 5.91. The first-order chi connectivity index (χ1) is 11.7. The van der Waals surface area contributed by atoms with E-state index in [-0.39, 0.29) is 18.2 Å². The summed E-state index contributed by atoms with van der Waals surface area (Å²) in [5.41, 5.74) is 2.67. The summed E-state index contributed by atoms with van der Waals surface area (Å²) in [6, 6.07) is 17.0. The molecule has 0 aromatic heterocycles. The molecule has 0 aliphatic heterocycles. The monoisotopic (exact) mass is 326 g/mol. The summed E-state index contributed by atoms with van der Waals surface area (Å²) in [7, 11) is 1.63. The fourth-order valence-electron chi connectivity index (χ4n) is 2.29. The summed E-state index contributed by atoms with van der Waals surface area (Å²) < 4.78 is 5.07. The topological polar surface area (TPSA) is 67.4 Å². The number of nitrogens with one attached hydrogen (secondary N) is 2. The number of carbonyl (C=O) groups is 2. The lowest BCUT2D eigenvalue weighted by Crippen LogP contribution is -2.28. The lowest BCUT2D eigenvalue weighted by atomic mass is 10.1. The third-order valence-corrected chi connectivity index (χ3v) is 3.40. The quantitative estimate of drug-likeness (QED) is 0.783. The van der Waals surface area contributed by atoms with Crippen LogP contribution in [0.25, 0.3) is 0 Å². The molecule has 0 unspecified atom stereocenters.